The molecule has 1 aromatic rings. The van der Waals surface area contributed by atoms with Gasteiger partial charge in [0.1, 0.15) is 0 Å². The Kier molecular flexibility index (Phi) is 4.73. The molecule has 2 unspecified atom stereocenters. The zero-order valence-electron chi connectivity index (χ0n) is 11.8. The van der Waals surface area contributed by atoms with Gasteiger partial charge in [-0.25, -0.2) is 13.1 Å². The molecule has 118 valence electrons. The number of ether oxygens (including phenoxy) is 1. The van der Waals surface area contributed by atoms with Crippen LogP contribution in [0.15, 0.2) is 14.7 Å². The van der Waals surface area contributed by atoms with E-state index in [9.17, 15) is 8.42 Å². The summed E-state index contributed by atoms with van der Waals surface area (Å²) in [6, 6.07) is 2.19. The van der Waals surface area contributed by atoms with E-state index in [2.05, 4.69) is 25.6 Å². The maximum absolute atomic E-state index is 12.3. The van der Waals surface area contributed by atoms with Gasteiger partial charge in [0.05, 0.1) is 21.4 Å². The van der Waals surface area contributed by atoms with E-state index in [1.54, 1.807) is 6.07 Å². The van der Waals surface area contributed by atoms with Crippen molar-refractivity contribution in [1.82, 2.24) is 9.62 Å². The van der Waals surface area contributed by atoms with Gasteiger partial charge in [0.15, 0.2) is 0 Å². The lowest BCUT2D eigenvalue weighted by atomic mass is 10.2. The van der Waals surface area contributed by atoms with Gasteiger partial charge in [-0.15, -0.1) is 11.3 Å². The molecule has 0 aromatic carbocycles. The Hall–Kier alpha value is 0.01000. The molecule has 3 heterocycles. The average molecular weight is 395 g/mol. The molecule has 0 spiro atoms. The molecule has 5 nitrogen and oxygen atoms in total. The Morgan fingerprint density at radius 1 is 1.57 bits per heavy atom. The first-order valence-corrected chi connectivity index (χ1v) is 10.2. The highest BCUT2D eigenvalue weighted by Gasteiger charge is 2.32. The highest BCUT2D eigenvalue weighted by Crippen LogP contribution is 2.29. The van der Waals surface area contributed by atoms with Crippen molar-refractivity contribution in [2.75, 3.05) is 26.2 Å². The average Bonchev–Trinajstić information content (AvgIpc) is 3.02. The van der Waals surface area contributed by atoms with Gasteiger partial charge in [-0.3, -0.25) is 4.90 Å². The number of nitrogens with zero attached hydrogens (tertiary/aromatic N) is 1. The Labute approximate surface area is 137 Å². The van der Waals surface area contributed by atoms with Crippen molar-refractivity contribution >= 4 is 37.3 Å². The van der Waals surface area contributed by atoms with Gasteiger partial charge in [-0.05, 0) is 48.3 Å². The van der Waals surface area contributed by atoms with Crippen LogP contribution in [0.3, 0.4) is 0 Å². The molecular weight excluding hydrogens is 376 g/mol. The Morgan fingerprint density at radius 2 is 2.38 bits per heavy atom. The summed E-state index contributed by atoms with van der Waals surface area (Å²) in [7, 11) is -3.46. The van der Waals surface area contributed by atoms with Crippen LogP contribution in [0.4, 0.5) is 0 Å². The Bertz CT molecular complexity index is 617. The van der Waals surface area contributed by atoms with Crippen LogP contribution >= 0.6 is 27.3 Å². The second kappa shape index (κ2) is 6.25. The highest BCUT2D eigenvalue weighted by molar-refractivity contribution is 9.11. The number of hydrogen-bond acceptors (Lipinski definition) is 5. The van der Waals surface area contributed by atoms with E-state index in [1.165, 1.54) is 24.2 Å². The van der Waals surface area contributed by atoms with Crippen molar-refractivity contribution in [3.8, 4) is 0 Å². The van der Waals surface area contributed by atoms with Crippen LogP contribution in [0.1, 0.15) is 17.7 Å². The number of nitrogens with one attached hydrogen (secondary N) is 1. The SMILES string of the molecule is Cc1sc(Br)cc1S(=O)(=O)NCC1CN2CCCC2CO1. The first-order chi connectivity index (χ1) is 9.95. The zero-order chi connectivity index (χ0) is 15.0. The smallest absolute Gasteiger partial charge is 0.241 e. The minimum atomic E-state index is -3.46. The number of fused-ring (bicyclic) bond motifs is 1. The van der Waals surface area contributed by atoms with Gasteiger partial charge in [0.25, 0.3) is 0 Å². The predicted octanol–water partition coefficient (Wildman–Crippen LogP) is 1.96. The van der Waals surface area contributed by atoms with Gasteiger partial charge < -0.3 is 4.74 Å². The number of thiophene rings is 1. The maximum Gasteiger partial charge on any atom is 0.241 e. The molecule has 0 saturated carbocycles. The Morgan fingerprint density at radius 3 is 3.10 bits per heavy atom. The van der Waals surface area contributed by atoms with Crippen molar-refractivity contribution in [3.05, 3.63) is 14.7 Å². The van der Waals surface area contributed by atoms with E-state index < -0.39 is 10.0 Å². The Balaban J connectivity index is 1.60. The molecule has 21 heavy (non-hydrogen) atoms. The molecule has 2 aliphatic rings. The molecule has 2 atom stereocenters. The number of halogens is 1. The molecular formula is C13H19BrN2O3S2. The molecule has 1 aromatic heterocycles. The summed E-state index contributed by atoms with van der Waals surface area (Å²) in [6.07, 6.45) is 2.35. The summed E-state index contributed by atoms with van der Waals surface area (Å²) >= 11 is 4.76. The molecule has 0 radical (unpaired) electrons. The monoisotopic (exact) mass is 394 g/mol. The lowest BCUT2D eigenvalue weighted by molar-refractivity contribution is -0.0449. The van der Waals surface area contributed by atoms with Crippen molar-refractivity contribution in [2.45, 2.75) is 36.8 Å². The molecule has 2 fully saturated rings. The molecule has 2 saturated heterocycles. The first kappa shape index (κ1) is 15.9. The van der Waals surface area contributed by atoms with Gasteiger partial charge >= 0.3 is 0 Å². The van der Waals surface area contributed by atoms with E-state index in [0.717, 1.165) is 28.4 Å². The van der Waals surface area contributed by atoms with Crippen molar-refractivity contribution in [1.29, 1.82) is 0 Å². The van der Waals surface area contributed by atoms with Crippen LogP contribution in [0.5, 0.6) is 0 Å². The molecule has 3 rings (SSSR count). The van der Waals surface area contributed by atoms with Crippen molar-refractivity contribution in [2.24, 2.45) is 0 Å². The summed E-state index contributed by atoms with van der Waals surface area (Å²) in [6.45, 7) is 4.79. The van der Waals surface area contributed by atoms with Gasteiger partial charge in [0, 0.05) is 24.0 Å². The minimum Gasteiger partial charge on any atom is -0.374 e. The second-order valence-electron chi connectivity index (χ2n) is 5.57. The van der Waals surface area contributed by atoms with Gasteiger partial charge in [-0.1, -0.05) is 0 Å². The topological polar surface area (TPSA) is 58.6 Å². The fraction of sp³-hybridized carbons (Fsp3) is 0.692. The fourth-order valence-corrected chi connectivity index (χ4v) is 6.47. The largest absolute Gasteiger partial charge is 0.374 e. The van der Waals surface area contributed by atoms with Crippen LogP contribution in [0.25, 0.3) is 0 Å². The normalized spacial score (nSPS) is 27.0. The molecule has 8 heteroatoms. The number of sulfonamides is 1. The van der Waals surface area contributed by atoms with Crippen LogP contribution in [-0.4, -0.2) is 51.7 Å². The number of rotatable bonds is 4. The summed E-state index contributed by atoms with van der Waals surface area (Å²) in [5.41, 5.74) is 0. The van der Waals surface area contributed by atoms with E-state index in [0.29, 0.717) is 17.5 Å². The molecule has 0 aliphatic carbocycles. The molecule has 0 amide bonds. The summed E-state index contributed by atoms with van der Waals surface area (Å²) in [5, 5.41) is 0. The minimum absolute atomic E-state index is 0.0588. The van der Waals surface area contributed by atoms with E-state index in [1.807, 2.05) is 6.92 Å². The van der Waals surface area contributed by atoms with Crippen LogP contribution < -0.4 is 4.72 Å². The third kappa shape index (κ3) is 3.51. The molecule has 0 bridgehead atoms. The third-order valence-corrected chi connectivity index (χ3v) is 7.33. The quantitative estimate of drug-likeness (QED) is 0.847. The standard InChI is InChI=1S/C13H19BrN2O3S2/c1-9-12(5-13(14)20-9)21(17,18)15-6-11-7-16-4-2-3-10(16)8-19-11/h5,10-11,15H,2-4,6-8H2,1H3. The summed E-state index contributed by atoms with van der Waals surface area (Å²) in [4.78, 5) is 3.56. The second-order valence-corrected chi connectivity index (χ2v) is 9.94. The first-order valence-electron chi connectivity index (χ1n) is 7.07. The van der Waals surface area contributed by atoms with Crippen LogP contribution in [0.2, 0.25) is 0 Å². The number of aryl methyl sites for hydroxylation is 1. The summed E-state index contributed by atoms with van der Waals surface area (Å²) in [5.74, 6) is 0. The molecule has 2 aliphatic heterocycles. The maximum atomic E-state index is 12.3. The fourth-order valence-electron chi connectivity index (χ4n) is 2.99. The van der Waals surface area contributed by atoms with Crippen LogP contribution in [-0.2, 0) is 14.8 Å². The van der Waals surface area contributed by atoms with E-state index >= 15 is 0 Å². The van der Waals surface area contributed by atoms with Crippen molar-refractivity contribution in [3.63, 3.8) is 0 Å². The van der Waals surface area contributed by atoms with Gasteiger partial charge in [-0.2, -0.15) is 0 Å². The van der Waals surface area contributed by atoms with Gasteiger partial charge in [0.2, 0.25) is 10.0 Å². The number of morpholine rings is 1. The van der Waals surface area contributed by atoms with Crippen LogP contribution in [0, 0.1) is 6.92 Å². The molecule has 1 N–H and O–H groups in total. The highest BCUT2D eigenvalue weighted by atomic mass is 79.9. The third-order valence-electron chi connectivity index (χ3n) is 4.09. The lowest BCUT2D eigenvalue weighted by Gasteiger charge is -2.35. The number of hydrogen-bond donors (Lipinski definition) is 1. The van der Waals surface area contributed by atoms with E-state index in [-0.39, 0.29) is 6.10 Å². The van der Waals surface area contributed by atoms with E-state index in [4.69, 9.17) is 4.74 Å². The predicted molar refractivity (Wildman–Crippen MR) is 86.3 cm³/mol. The summed E-state index contributed by atoms with van der Waals surface area (Å²) < 4.78 is 34.0. The lowest BCUT2D eigenvalue weighted by Crippen LogP contribution is -2.50. The zero-order valence-corrected chi connectivity index (χ0v) is 15.1. The van der Waals surface area contributed by atoms with Crippen molar-refractivity contribution < 1.29 is 13.2 Å².